The second-order valence-electron chi connectivity index (χ2n) is 6.08. The highest BCUT2D eigenvalue weighted by Crippen LogP contribution is 2.32. The minimum absolute atomic E-state index is 0.301. The minimum Gasteiger partial charge on any atom is -0.370 e. The normalized spacial score (nSPS) is 10.9. The van der Waals surface area contributed by atoms with Gasteiger partial charge in [-0.25, -0.2) is 0 Å². The predicted octanol–water partition coefficient (Wildman–Crippen LogP) is 3.42. The van der Waals surface area contributed by atoms with Crippen LogP contribution in [-0.4, -0.2) is 31.4 Å². The van der Waals surface area contributed by atoms with Crippen LogP contribution >= 0.6 is 11.8 Å². The van der Waals surface area contributed by atoms with Crippen LogP contribution < -0.4 is 5.73 Å². The number of nitrogens with two attached hydrogens (primary N) is 1. The van der Waals surface area contributed by atoms with E-state index in [9.17, 15) is 4.79 Å². The highest BCUT2D eigenvalue weighted by molar-refractivity contribution is 7.99. The average molecular weight is 382 g/mol. The molecule has 0 aliphatic rings. The van der Waals surface area contributed by atoms with E-state index in [-0.39, 0.29) is 5.91 Å². The summed E-state index contributed by atoms with van der Waals surface area (Å²) in [6.07, 6.45) is 5.64. The second-order valence-corrected chi connectivity index (χ2v) is 7.14. The molecule has 6 nitrogen and oxygen atoms in total. The van der Waals surface area contributed by atoms with E-state index in [4.69, 9.17) is 5.73 Å². The van der Waals surface area contributed by atoms with Crippen molar-refractivity contribution in [1.82, 2.24) is 19.7 Å². The summed E-state index contributed by atoms with van der Waals surface area (Å²) >= 11 is 1.49. The number of hydrogen-bond acceptors (Lipinski definition) is 5. The van der Waals surface area contributed by atoms with Gasteiger partial charge in [0.1, 0.15) is 0 Å². The van der Waals surface area contributed by atoms with E-state index >= 15 is 0 Å². The number of aromatic nitrogens is 4. The van der Waals surface area contributed by atoms with E-state index < -0.39 is 0 Å². The first-order chi connectivity index (χ1) is 13.2. The molecule has 1 aromatic carbocycles. The Balaban J connectivity index is 2.17. The number of para-hydroxylation sites is 1. The van der Waals surface area contributed by atoms with Gasteiger partial charge in [-0.2, -0.15) is 0 Å². The number of carbonyl (C=O) groups excluding carboxylic acids is 1. The third kappa shape index (κ3) is 4.19. The maximum atomic E-state index is 11.1. The number of amides is 1. The van der Waals surface area contributed by atoms with Crippen molar-refractivity contribution in [1.29, 1.82) is 0 Å². The lowest BCUT2D eigenvalue weighted by atomic mass is 10.0. The molecular formula is C20H23N5OS. The van der Waals surface area contributed by atoms with Gasteiger partial charge in [0.2, 0.25) is 5.91 Å². The van der Waals surface area contributed by atoms with Gasteiger partial charge in [0.05, 0.1) is 5.69 Å². The first-order valence-corrected chi connectivity index (χ1v) is 10.0. The monoisotopic (exact) mass is 381 g/mol. The van der Waals surface area contributed by atoms with Gasteiger partial charge in [0.25, 0.3) is 0 Å². The zero-order valence-electron chi connectivity index (χ0n) is 15.6. The summed E-state index contributed by atoms with van der Waals surface area (Å²) in [5.74, 6) is 1.00. The number of thioether (sulfide) groups is 1. The summed E-state index contributed by atoms with van der Waals surface area (Å²) in [5, 5.41) is 9.62. The molecule has 3 aromatic rings. The third-order valence-corrected chi connectivity index (χ3v) is 5.25. The van der Waals surface area contributed by atoms with Crippen molar-refractivity contribution < 1.29 is 4.79 Å². The molecule has 0 bridgehead atoms. The molecule has 3 rings (SSSR count). The Morgan fingerprint density at radius 1 is 1.11 bits per heavy atom. The molecule has 140 valence electrons. The number of carbonyl (C=O) groups is 1. The molecule has 2 aromatic heterocycles. The molecule has 0 saturated heterocycles. The number of primary amides is 1. The molecule has 0 spiro atoms. The van der Waals surface area contributed by atoms with Crippen LogP contribution in [0.1, 0.15) is 31.4 Å². The molecule has 0 atom stereocenters. The lowest BCUT2D eigenvalue weighted by molar-refractivity contribution is -0.117. The molecule has 7 heteroatoms. The van der Waals surface area contributed by atoms with E-state index in [1.54, 1.807) is 12.4 Å². The van der Waals surface area contributed by atoms with Crippen molar-refractivity contribution in [3.8, 4) is 17.1 Å². The van der Waals surface area contributed by atoms with Crippen LogP contribution in [0.5, 0.6) is 0 Å². The Morgan fingerprint density at radius 2 is 1.85 bits per heavy atom. The molecule has 2 N–H and O–H groups in total. The Morgan fingerprint density at radius 3 is 2.44 bits per heavy atom. The number of benzene rings is 1. The van der Waals surface area contributed by atoms with Crippen LogP contribution in [0, 0.1) is 0 Å². The van der Waals surface area contributed by atoms with Gasteiger partial charge in [-0.05, 0) is 36.1 Å². The molecule has 0 aliphatic heterocycles. The highest BCUT2D eigenvalue weighted by atomic mass is 32.2. The first-order valence-electron chi connectivity index (χ1n) is 9.03. The summed E-state index contributed by atoms with van der Waals surface area (Å²) in [6.45, 7) is 4.29. The fraction of sp³-hybridized carbons (Fsp3) is 0.300. The van der Waals surface area contributed by atoms with Crippen LogP contribution in [0.3, 0.4) is 0 Å². The van der Waals surface area contributed by atoms with Gasteiger partial charge in [-0.1, -0.05) is 43.8 Å². The van der Waals surface area contributed by atoms with Crippen molar-refractivity contribution in [3.63, 3.8) is 0 Å². The van der Waals surface area contributed by atoms with Crippen molar-refractivity contribution in [2.75, 3.05) is 5.75 Å². The lowest BCUT2D eigenvalue weighted by Gasteiger charge is -2.17. The summed E-state index contributed by atoms with van der Waals surface area (Å²) < 4.78 is 2.10. The summed E-state index contributed by atoms with van der Waals surface area (Å²) in [7, 11) is 0. The number of hydrogen-bond donors (Lipinski definition) is 1. The smallest absolute Gasteiger partial charge is 0.218 e. The minimum atomic E-state index is -0.316. The van der Waals surface area contributed by atoms with Gasteiger partial charge in [-0.15, -0.1) is 10.2 Å². The maximum Gasteiger partial charge on any atom is 0.218 e. The van der Waals surface area contributed by atoms with E-state index in [1.165, 1.54) is 22.9 Å². The van der Waals surface area contributed by atoms with E-state index in [0.29, 0.717) is 12.2 Å². The van der Waals surface area contributed by atoms with Crippen molar-refractivity contribution >= 4 is 17.7 Å². The van der Waals surface area contributed by atoms with E-state index in [2.05, 4.69) is 51.8 Å². The number of pyridine rings is 1. The van der Waals surface area contributed by atoms with E-state index in [0.717, 1.165) is 35.1 Å². The van der Waals surface area contributed by atoms with Crippen LogP contribution in [0.4, 0.5) is 0 Å². The van der Waals surface area contributed by atoms with Gasteiger partial charge >= 0.3 is 0 Å². The Hall–Kier alpha value is -2.67. The number of aryl methyl sites for hydroxylation is 2. The standard InChI is InChI=1S/C20H23N5OS/c1-3-14-7-5-8-15(4-2)18(14)25-19(16-9-6-11-22-13-16)23-24-20(25)27-12-10-17(21)26/h5-9,11,13H,3-4,10,12H2,1-2H3,(H2,21,26). The Kier molecular flexibility index (Phi) is 6.24. The van der Waals surface area contributed by atoms with Gasteiger partial charge in [0.15, 0.2) is 11.0 Å². The van der Waals surface area contributed by atoms with Crippen LogP contribution in [0.2, 0.25) is 0 Å². The number of rotatable bonds is 8. The SMILES string of the molecule is CCc1cccc(CC)c1-n1c(SCCC(N)=O)nnc1-c1cccnc1. The largest absolute Gasteiger partial charge is 0.370 e. The third-order valence-electron chi connectivity index (χ3n) is 4.32. The molecule has 0 saturated carbocycles. The molecule has 1 amide bonds. The Labute approximate surface area is 163 Å². The van der Waals surface area contributed by atoms with Crippen LogP contribution in [0.25, 0.3) is 17.1 Å². The Bertz CT molecular complexity index is 901. The molecule has 0 fully saturated rings. The zero-order valence-corrected chi connectivity index (χ0v) is 16.4. The molecular weight excluding hydrogens is 358 g/mol. The molecule has 0 radical (unpaired) electrons. The zero-order chi connectivity index (χ0) is 19.2. The van der Waals surface area contributed by atoms with E-state index in [1.807, 2.05) is 12.1 Å². The molecule has 27 heavy (non-hydrogen) atoms. The number of nitrogens with zero attached hydrogens (tertiary/aromatic N) is 4. The van der Waals surface area contributed by atoms with Gasteiger partial charge < -0.3 is 5.73 Å². The average Bonchev–Trinajstić information content (AvgIpc) is 3.11. The highest BCUT2D eigenvalue weighted by Gasteiger charge is 2.20. The van der Waals surface area contributed by atoms with Crippen molar-refractivity contribution in [2.45, 2.75) is 38.3 Å². The molecule has 2 heterocycles. The summed E-state index contributed by atoms with van der Waals surface area (Å²) in [5.41, 5.74) is 9.78. The first kappa shape index (κ1) is 19.1. The second kappa shape index (κ2) is 8.81. The maximum absolute atomic E-state index is 11.1. The summed E-state index contributed by atoms with van der Waals surface area (Å²) in [6, 6.07) is 10.2. The van der Waals surface area contributed by atoms with Crippen molar-refractivity contribution in [3.05, 3.63) is 53.9 Å². The molecule has 0 aliphatic carbocycles. The topological polar surface area (TPSA) is 86.7 Å². The van der Waals surface area contributed by atoms with Crippen molar-refractivity contribution in [2.24, 2.45) is 5.73 Å². The van der Waals surface area contributed by atoms with Gasteiger partial charge in [-0.3, -0.25) is 14.3 Å². The lowest BCUT2D eigenvalue weighted by Crippen LogP contribution is -2.11. The fourth-order valence-electron chi connectivity index (χ4n) is 2.99. The molecule has 0 unspecified atom stereocenters. The quantitative estimate of drug-likeness (QED) is 0.604. The summed E-state index contributed by atoms with van der Waals surface area (Å²) in [4.78, 5) is 15.4. The predicted molar refractivity (Wildman–Crippen MR) is 108 cm³/mol. The van der Waals surface area contributed by atoms with Crippen LogP contribution in [0.15, 0.2) is 47.9 Å². The van der Waals surface area contributed by atoms with Gasteiger partial charge in [0, 0.05) is 30.1 Å². The van der Waals surface area contributed by atoms with Crippen LogP contribution in [-0.2, 0) is 17.6 Å². The fourth-order valence-corrected chi connectivity index (χ4v) is 3.88.